The van der Waals surface area contributed by atoms with Gasteiger partial charge in [-0.15, -0.1) is 0 Å². The van der Waals surface area contributed by atoms with E-state index in [1.165, 1.54) is 11.0 Å². The molecule has 1 aliphatic heterocycles. The molecule has 1 unspecified atom stereocenters. The first-order chi connectivity index (χ1) is 15.0. The van der Waals surface area contributed by atoms with Crippen LogP contribution in [0.25, 0.3) is 0 Å². The van der Waals surface area contributed by atoms with Gasteiger partial charge in [0.2, 0.25) is 0 Å². The van der Waals surface area contributed by atoms with Crippen LogP contribution in [0.1, 0.15) is 29.5 Å². The van der Waals surface area contributed by atoms with Crippen LogP contribution >= 0.6 is 15.9 Å². The molecule has 0 bridgehead atoms. The van der Waals surface area contributed by atoms with E-state index in [-0.39, 0.29) is 17.1 Å². The fourth-order valence-electron chi connectivity index (χ4n) is 4.00. The molecule has 1 heterocycles. The van der Waals surface area contributed by atoms with Gasteiger partial charge in [0.05, 0.1) is 10.2 Å². The van der Waals surface area contributed by atoms with Crippen molar-refractivity contribution in [2.75, 3.05) is 4.90 Å². The number of rotatable bonds is 5. The summed E-state index contributed by atoms with van der Waals surface area (Å²) in [6.45, 7) is 0.109. The summed E-state index contributed by atoms with van der Waals surface area (Å²) in [7, 11) is 0. The number of ether oxygens (including phenoxy) is 1. The Labute approximate surface area is 188 Å². The lowest BCUT2D eigenvalue weighted by Crippen LogP contribution is -2.44. The average molecular weight is 486 g/mol. The normalized spacial score (nSPS) is 15.5. The minimum atomic E-state index is -0.997. The SMILES string of the molecule is O=C(OCc1ccccc1)N1c2c(cc(F)c(F)c2Br)CCC1CCc1ccccc1. The van der Waals surface area contributed by atoms with Gasteiger partial charge in [0, 0.05) is 6.04 Å². The van der Waals surface area contributed by atoms with E-state index in [1.807, 2.05) is 60.7 Å². The lowest BCUT2D eigenvalue weighted by Gasteiger charge is -2.37. The van der Waals surface area contributed by atoms with E-state index in [0.717, 1.165) is 17.5 Å². The molecule has 6 heteroatoms. The van der Waals surface area contributed by atoms with Crippen LogP contribution in [0.3, 0.4) is 0 Å². The summed E-state index contributed by atoms with van der Waals surface area (Å²) in [5.41, 5.74) is 2.98. The first-order valence-electron chi connectivity index (χ1n) is 10.2. The zero-order chi connectivity index (χ0) is 21.8. The van der Waals surface area contributed by atoms with Gasteiger partial charge in [0.15, 0.2) is 11.6 Å². The maximum atomic E-state index is 14.4. The Hall–Kier alpha value is -2.73. The Morgan fingerprint density at radius 3 is 2.35 bits per heavy atom. The number of anilines is 1. The Kier molecular flexibility index (Phi) is 6.66. The second kappa shape index (κ2) is 9.60. The highest BCUT2D eigenvalue weighted by molar-refractivity contribution is 9.10. The summed E-state index contributed by atoms with van der Waals surface area (Å²) in [6.07, 6.45) is 2.11. The molecule has 0 fully saturated rings. The maximum Gasteiger partial charge on any atom is 0.414 e. The second-order valence-electron chi connectivity index (χ2n) is 7.62. The Bertz CT molecular complexity index is 1060. The van der Waals surface area contributed by atoms with Crippen LogP contribution in [0.2, 0.25) is 0 Å². The molecule has 1 aliphatic rings. The molecule has 3 aromatic rings. The van der Waals surface area contributed by atoms with Crippen molar-refractivity contribution in [2.45, 2.75) is 38.3 Å². The molecule has 0 aromatic heterocycles. The summed E-state index contributed by atoms with van der Waals surface area (Å²) >= 11 is 3.18. The number of aryl methyl sites for hydroxylation is 2. The van der Waals surface area contributed by atoms with Gasteiger partial charge in [0.1, 0.15) is 6.61 Å². The Balaban J connectivity index is 1.61. The van der Waals surface area contributed by atoms with Crippen molar-refractivity contribution in [3.63, 3.8) is 0 Å². The number of hydrogen-bond donors (Lipinski definition) is 0. The van der Waals surface area contributed by atoms with Crippen molar-refractivity contribution >= 4 is 27.7 Å². The third kappa shape index (κ3) is 4.79. The van der Waals surface area contributed by atoms with Crippen molar-refractivity contribution in [3.05, 3.63) is 99.5 Å². The van der Waals surface area contributed by atoms with Gasteiger partial charge in [-0.3, -0.25) is 4.90 Å². The van der Waals surface area contributed by atoms with E-state index in [1.54, 1.807) is 0 Å². The molecular formula is C25H22BrF2NO2. The van der Waals surface area contributed by atoms with Crippen LogP contribution in [0, 0.1) is 11.6 Å². The largest absolute Gasteiger partial charge is 0.444 e. The molecule has 1 atom stereocenters. The summed E-state index contributed by atoms with van der Waals surface area (Å²) < 4.78 is 33.9. The third-order valence-electron chi connectivity index (χ3n) is 5.58. The van der Waals surface area contributed by atoms with E-state index in [4.69, 9.17) is 4.74 Å². The minimum Gasteiger partial charge on any atom is -0.444 e. The number of benzene rings is 3. The molecule has 0 saturated heterocycles. The highest BCUT2D eigenvalue weighted by Gasteiger charge is 2.35. The number of nitrogens with zero attached hydrogens (tertiary/aromatic N) is 1. The van der Waals surface area contributed by atoms with Crippen molar-refractivity contribution in [2.24, 2.45) is 0 Å². The quantitative estimate of drug-likeness (QED) is 0.371. The summed E-state index contributed by atoms with van der Waals surface area (Å²) in [5.74, 6) is -1.92. The van der Waals surface area contributed by atoms with Gasteiger partial charge in [-0.05, 0) is 64.4 Å². The van der Waals surface area contributed by atoms with Crippen LogP contribution in [-0.4, -0.2) is 12.1 Å². The second-order valence-corrected chi connectivity index (χ2v) is 8.41. The van der Waals surface area contributed by atoms with Crippen molar-refractivity contribution < 1.29 is 18.3 Å². The first-order valence-corrected chi connectivity index (χ1v) is 11.0. The first kappa shape index (κ1) is 21.5. The zero-order valence-corrected chi connectivity index (χ0v) is 18.4. The van der Waals surface area contributed by atoms with E-state index >= 15 is 0 Å². The number of fused-ring (bicyclic) bond motifs is 1. The molecule has 1 amide bonds. The van der Waals surface area contributed by atoms with Crippen LogP contribution < -0.4 is 4.90 Å². The number of carbonyl (C=O) groups is 1. The van der Waals surface area contributed by atoms with Crippen molar-refractivity contribution in [1.29, 1.82) is 0 Å². The smallest absolute Gasteiger partial charge is 0.414 e. The predicted molar refractivity (Wildman–Crippen MR) is 120 cm³/mol. The fraction of sp³-hybridized carbons (Fsp3) is 0.240. The lowest BCUT2D eigenvalue weighted by atomic mass is 9.92. The molecule has 3 aromatic carbocycles. The Morgan fingerprint density at radius 1 is 1.03 bits per heavy atom. The molecule has 160 valence electrons. The maximum absolute atomic E-state index is 14.4. The third-order valence-corrected chi connectivity index (χ3v) is 6.30. The highest BCUT2D eigenvalue weighted by Crippen LogP contribution is 2.41. The number of carbonyl (C=O) groups excluding carboxylic acids is 1. The number of amides is 1. The topological polar surface area (TPSA) is 29.5 Å². The van der Waals surface area contributed by atoms with E-state index in [2.05, 4.69) is 15.9 Å². The summed E-state index contributed by atoms with van der Waals surface area (Å²) in [4.78, 5) is 14.7. The minimum absolute atomic E-state index is 0.0384. The molecule has 31 heavy (non-hydrogen) atoms. The monoisotopic (exact) mass is 485 g/mol. The van der Waals surface area contributed by atoms with E-state index < -0.39 is 17.7 Å². The van der Waals surface area contributed by atoms with Crippen LogP contribution in [0.4, 0.5) is 19.3 Å². The van der Waals surface area contributed by atoms with E-state index in [0.29, 0.717) is 30.5 Å². The predicted octanol–water partition coefficient (Wildman–Crippen LogP) is 6.82. The summed E-state index contributed by atoms with van der Waals surface area (Å²) in [6, 6.07) is 20.4. The van der Waals surface area contributed by atoms with Gasteiger partial charge < -0.3 is 4.74 Å². The van der Waals surface area contributed by atoms with Gasteiger partial charge in [-0.2, -0.15) is 0 Å². The van der Waals surface area contributed by atoms with Crippen molar-refractivity contribution in [3.8, 4) is 0 Å². The standard InChI is InChI=1S/C25H22BrF2NO2/c26-22-23(28)21(27)15-19-12-14-20(13-11-17-7-3-1-4-8-17)29(24(19)22)25(30)31-16-18-9-5-2-6-10-18/h1-10,15,20H,11-14,16H2. The molecule has 0 aliphatic carbocycles. The molecule has 0 N–H and O–H groups in total. The zero-order valence-electron chi connectivity index (χ0n) is 16.9. The van der Waals surface area contributed by atoms with Gasteiger partial charge in [0.25, 0.3) is 0 Å². The number of halogens is 3. The molecule has 0 spiro atoms. The molecule has 0 saturated carbocycles. The average Bonchev–Trinajstić information content (AvgIpc) is 2.81. The summed E-state index contributed by atoms with van der Waals surface area (Å²) in [5, 5.41) is 0. The number of hydrogen-bond acceptors (Lipinski definition) is 2. The molecule has 0 radical (unpaired) electrons. The highest BCUT2D eigenvalue weighted by atomic mass is 79.9. The van der Waals surface area contributed by atoms with Gasteiger partial charge >= 0.3 is 6.09 Å². The van der Waals surface area contributed by atoms with Gasteiger partial charge in [-0.25, -0.2) is 13.6 Å². The van der Waals surface area contributed by atoms with Crippen LogP contribution in [0.5, 0.6) is 0 Å². The lowest BCUT2D eigenvalue weighted by molar-refractivity contribution is 0.143. The fourth-order valence-corrected chi connectivity index (χ4v) is 4.63. The van der Waals surface area contributed by atoms with Crippen LogP contribution in [-0.2, 0) is 24.2 Å². The van der Waals surface area contributed by atoms with Gasteiger partial charge in [-0.1, -0.05) is 60.7 Å². The van der Waals surface area contributed by atoms with Crippen molar-refractivity contribution in [1.82, 2.24) is 0 Å². The molecular weight excluding hydrogens is 464 g/mol. The Morgan fingerprint density at radius 2 is 1.68 bits per heavy atom. The molecule has 4 rings (SSSR count). The van der Waals surface area contributed by atoms with Crippen LogP contribution in [0.15, 0.2) is 71.2 Å². The van der Waals surface area contributed by atoms with E-state index in [9.17, 15) is 13.6 Å². The molecule has 3 nitrogen and oxygen atoms in total.